The zero-order valence-electron chi connectivity index (χ0n) is 8.02. The van der Waals surface area contributed by atoms with E-state index in [0.717, 1.165) is 10.0 Å². The maximum absolute atomic E-state index is 5.19. The summed E-state index contributed by atoms with van der Waals surface area (Å²) in [6, 6.07) is 5.90. The number of nitrogens with one attached hydrogen (secondary N) is 1. The van der Waals surface area contributed by atoms with Crippen LogP contribution in [0.25, 0.3) is 0 Å². The van der Waals surface area contributed by atoms with E-state index in [2.05, 4.69) is 17.3 Å². The van der Waals surface area contributed by atoms with E-state index in [0.29, 0.717) is 0 Å². The van der Waals surface area contributed by atoms with Gasteiger partial charge in [0.05, 0.1) is 5.69 Å². The van der Waals surface area contributed by atoms with Gasteiger partial charge in [0.2, 0.25) is 0 Å². The van der Waals surface area contributed by atoms with Gasteiger partial charge in [-0.25, -0.2) is 5.43 Å². The number of nitrogens with zero attached hydrogens (tertiary/aromatic N) is 2. The summed E-state index contributed by atoms with van der Waals surface area (Å²) in [6.45, 7) is 2.08. The second-order valence-electron chi connectivity index (χ2n) is 3.29. The first-order valence-electron chi connectivity index (χ1n) is 4.28. The van der Waals surface area contributed by atoms with Crippen LogP contribution >= 0.6 is 24.0 Å². The zero-order valence-corrected chi connectivity index (χ0v) is 9.65. The Morgan fingerprint density at radius 1 is 1.57 bits per heavy atom. The third-order valence-corrected chi connectivity index (χ3v) is 3.78. The number of hydrogen-bond acceptors (Lipinski definition) is 4. The number of aromatic nitrogens is 1. The van der Waals surface area contributed by atoms with E-state index in [1.54, 1.807) is 18.0 Å². The smallest absolute Gasteiger partial charge is 0.152 e. The Kier molecular flexibility index (Phi) is 2.47. The molecule has 0 spiro atoms. The fraction of sp³-hybridized carbons (Fsp3) is 0.333. The Bertz CT molecular complexity index is 354. The second kappa shape index (κ2) is 3.49. The van der Waals surface area contributed by atoms with Gasteiger partial charge in [-0.1, -0.05) is 30.0 Å². The largest absolute Gasteiger partial charge is 0.294 e. The van der Waals surface area contributed by atoms with E-state index in [-0.39, 0.29) is 4.87 Å². The Morgan fingerprint density at radius 2 is 2.36 bits per heavy atom. The van der Waals surface area contributed by atoms with Crippen LogP contribution in [0.2, 0.25) is 0 Å². The van der Waals surface area contributed by atoms with Crippen LogP contribution in [0, 0.1) is 0 Å². The molecule has 1 N–H and O–H groups in total. The number of hydrazine groups is 1. The summed E-state index contributed by atoms with van der Waals surface area (Å²) in [5, 5.41) is 1.86. The Morgan fingerprint density at radius 3 is 2.86 bits per heavy atom. The molecule has 1 saturated heterocycles. The number of pyridine rings is 1. The lowest BCUT2D eigenvalue weighted by molar-refractivity contribution is 0.316. The minimum absolute atomic E-state index is 0.229. The number of rotatable bonds is 1. The summed E-state index contributed by atoms with van der Waals surface area (Å²) in [6.07, 6.45) is 1.80. The van der Waals surface area contributed by atoms with Gasteiger partial charge in [-0.2, -0.15) is 0 Å². The summed E-state index contributed by atoms with van der Waals surface area (Å²) in [5.74, 6) is 0. The summed E-state index contributed by atoms with van der Waals surface area (Å²) < 4.78 is 0.846. The van der Waals surface area contributed by atoms with Gasteiger partial charge >= 0.3 is 0 Å². The lowest BCUT2D eigenvalue weighted by Crippen LogP contribution is -2.39. The third-order valence-electron chi connectivity index (χ3n) is 2.10. The van der Waals surface area contributed by atoms with Gasteiger partial charge in [-0.15, -0.1) is 0 Å². The molecule has 2 rings (SSSR count). The van der Waals surface area contributed by atoms with Crippen LogP contribution in [0.4, 0.5) is 0 Å². The molecular weight excluding hydrogens is 214 g/mol. The van der Waals surface area contributed by atoms with Crippen LogP contribution in [-0.4, -0.2) is 21.4 Å². The van der Waals surface area contributed by atoms with Gasteiger partial charge in [-0.05, 0) is 19.1 Å². The molecule has 0 saturated carbocycles. The van der Waals surface area contributed by atoms with Gasteiger partial charge < -0.3 is 0 Å². The van der Waals surface area contributed by atoms with Crippen LogP contribution in [0.1, 0.15) is 12.6 Å². The number of thioether (sulfide) groups is 1. The van der Waals surface area contributed by atoms with Gasteiger partial charge in [0.25, 0.3) is 0 Å². The van der Waals surface area contributed by atoms with Crippen molar-refractivity contribution in [3.8, 4) is 0 Å². The summed E-state index contributed by atoms with van der Waals surface area (Å²) >= 11 is 6.80. The van der Waals surface area contributed by atoms with Crippen molar-refractivity contribution in [1.29, 1.82) is 0 Å². The molecule has 1 aromatic heterocycles. The minimum atomic E-state index is -0.229. The van der Waals surface area contributed by atoms with Gasteiger partial charge in [0.1, 0.15) is 4.87 Å². The lowest BCUT2D eigenvalue weighted by atomic mass is 10.2. The van der Waals surface area contributed by atoms with E-state index in [4.69, 9.17) is 12.2 Å². The average Bonchev–Trinajstić information content (AvgIpc) is 2.44. The fourth-order valence-electron chi connectivity index (χ4n) is 1.39. The van der Waals surface area contributed by atoms with Crippen molar-refractivity contribution in [2.75, 3.05) is 7.05 Å². The molecule has 1 unspecified atom stereocenters. The fourth-order valence-corrected chi connectivity index (χ4v) is 2.87. The Balaban J connectivity index is 2.31. The highest BCUT2D eigenvalue weighted by Crippen LogP contribution is 2.38. The van der Waals surface area contributed by atoms with E-state index in [1.807, 2.05) is 30.3 Å². The van der Waals surface area contributed by atoms with E-state index < -0.39 is 0 Å². The van der Waals surface area contributed by atoms with Crippen LogP contribution in [0.15, 0.2) is 24.4 Å². The summed E-state index contributed by atoms with van der Waals surface area (Å²) in [5.41, 5.74) is 4.29. The highest BCUT2D eigenvalue weighted by atomic mass is 32.2. The van der Waals surface area contributed by atoms with Crippen LogP contribution in [0.5, 0.6) is 0 Å². The molecular formula is C9H11N3S2. The Hall–Kier alpha value is -0.650. The molecule has 2 heterocycles. The van der Waals surface area contributed by atoms with E-state index in [9.17, 15) is 0 Å². The maximum Gasteiger partial charge on any atom is 0.152 e. The molecule has 14 heavy (non-hydrogen) atoms. The molecule has 1 aromatic rings. The van der Waals surface area contributed by atoms with Crippen LogP contribution in [0.3, 0.4) is 0 Å². The highest BCUT2D eigenvalue weighted by Gasteiger charge is 2.38. The molecule has 0 bridgehead atoms. The molecule has 1 fully saturated rings. The van der Waals surface area contributed by atoms with Crippen molar-refractivity contribution in [2.24, 2.45) is 0 Å². The van der Waals surface area contributed by atoms with Crippen molar-refractivity contribution in [1.82, 2.24) is 15.4 Å². The molecule has 0 aliphatic carbocycles. The first kappa shape index (κ1) is 9.89. The second-order valence-corrected chi connectivity index (χ2v) is 5.34. The predicted molar refractivity (Wildman–Crippen MR) is 62.7 cm³/mol. The third kappa shape index (κ3) is 1.63. The quantitative estimate of drug-likeness (QED) is 0.735. The topological polar surface area (TPSA) is 28.2 Å². The molecule has 1 atom stereocenters. The Labute approximate surface area is 92.9 Å². The normalized spacial score (nSPS) is 27.0. The van der Waals surface area contributed by atoms with Gasteiger partial charge in [0.15, 0.2) is 4.32 Å². The monoisotopic (exact) mass is 225 g/mol. The number of thiocarbonyl (C=S) groups is 1. The highest BCUT2D eigenvalue weighted by molar-refractivity contribution is 8.23. The molecule has 1 aliphatic heterocycles. The first-order chi connectivity index (χ1) is 6.62. The average molecular weight is 225 g/mol. The molecule has 1 aliphatic rings. The van der Waals surface area contributed by atoms with Crippen LogP contribution in [-0.2, 0) is 4.87 Å². The molecule has 5 heteroatoms. The van der Waals surface area contributed by atoms with Crippen molar-refractivity contribution < 1.29 is 0 Å². The maximum atomic E-state index is 5.19. The molecule has 3 nitrogen and oxygen atoms in total. The van der Waals surface area contributed by atoms with Crippen molar-refractivity contribution in [3.05, 3.63) is 30.1 Å². The lowest BCUT2D eigenvalue weighted by Gasteiger charge is -2.22. The molecule has 0 amide bonds. The summed E-state index contributed by atoms with van der Waals surface area (Å²) in [7, 11) is 1.92. The zero-order chi connectivity index (χ0) is 10.2. The van der Waals surface area contributed by atoms with Crippen molar-refractivity contribution >= 4 is 28.3 Å². The van der Waals surface area contributed by atoms with E-state index in [1.165, 1.54) is 0 Å². The molecule has 0 aromatic carbocycles. The molecule has 74 valence electrons. The summed E-state index contributed by atoms with van der Waals surface area (Å²) in [4.78, 5) is 4.10. The standard InChI is InChI=1S/C9H11N3S2/c1-9(7-5-3-4-6-10-7)11-12(2)8(13)14-9/h3-6,11H,1-2H3. The minimum Gasteiger partial charge on any atom is -0.294 e. The van der Waals surface area contributed by atoms with Crippen molar-refractivity contribution in [3.63, 3.8) is 0 Å². The van der Waals surface area contributed by atoms with Crippen molar-refractivity contribution in [2.45, 2.75) is 11.8 Å². The predicted octanol–water partition coefficient (Wildman–Crippen LogP) is 1.72. The molecule has 0 radical (unpaired) electrons. The van der Waals surface area contributed by atoms with Gasteiger partial charge in [0, 0.05) is 13.2 Å². The SMILES string of the molecule is CN1NC(C)(c2ccccn2)SC1=S. The van der Waals surface area contributed by atoms with Crippen LogP contribution < -0.4 is 5.43 Å². The van der Waals surface area contributed by atoms with E-state index >= 15 is 0 Å². The first-order valence-corrected chi connectivity index (χ1v) is 5.50. The number of hydrogen-bond donors (Lipinski definition) is 1. The van der Waals surface area contributed by atoms with Gasteiger partial charge in [-0.3, -0.25) is 9.99 Å².